The smallest absolute Gasteiger partial charge is 0.338 e. The lowest BCUT2D eigenvalue weighted by Crippen LogP contribution is -2.21. The van der Waals surface area contributed by atoms with Gasteiger partial charge >= 0.3 is 5.97 Å². The van der Waals surface area contributed by atoms with Crippen LogP contribution in [0.4, 0.5) is 5.69 Å². The maximum Gasteiger partial charge on any atom is 0.338 e. The molecule has 26 heavy (non-hydrogen) atoms. The molecular weight excluding hydrogens is 354 g/mol. The van der Waals surface area contributed by atoms with E-state index < -0.39 is 18.5 Å². The van der Waals surface area contributed by atoms with Crippen LogP contribution in [0.2, 0.25) is 5.02 Å². The number of ether oxygens (including phenoxy) is 2. The Hall–Kier alpha value is -2.53. The van der Waals surface area contributed by atoms with E-state index in [9.17, 15) is 9.59 Å². The molecular formula is C20H22ClNO4. The molecule has 1 amide bonds. The number of halogens is 1. The largest absolute Gasteiger partial charge is 0.494 e. The first-order valence-corrected chi connectivity index (χ1v) is 8.83. The molecule has 0 spiro atoms. The monoisotopic (exact) mass is 375 g/mol. The van der Waals surface area contributed by atoms with Crippen LogP contribution < -0.4 is 10.1 Å². The summed E-state index contributed by atoms with van der Waals surface area (Å²) in [4.78, 5) is 23.9. The molecule has 2 aromatic carbocycles. The number of aryl methyl sites for hydroxylation is 1. The van der Waals surface area contributed by atoms with Crippen LogP contribution in [-0.4, -0.2) is 25.1 Å². The third-order valence-electron chi connectivity index (χ3n) is 3.59. The number of amides is 1. The molecule has 0 radical (unpaired) electrons. The van der Waals surface area contributed by atoms with E-state index >= 15 is 0 Å². The molecule has 138 valence electrons. The standard InChI is InChI=1S/C20H22ClNO4/c1-3-4-11-25-16-8-6-15(7-9-16)20(24)26-13-19(23)22-18-10-5-14(2)12-17(18)21/h5-10,12H,3-4,11,13H2,1-2H3,(H,22,23). The van der Waals surface area contributed by atoms with Crippen molar-refractivity contribution in [1.29, 1.82) is 0 Å². The van der Waals surface area contributed by atoms with Crippen molar-refractivity contribution in [1.82, 2.24) is 0 Å². The van der Waals surface area contributed by atoms with Crippen LogP contribution in [0.5, 0.6) is 5.75 Å². The normalized spacial score (nSPS) is 10.3. The zero-order valence-corrected chi connectivity index (χ0v) is 15.6. The number of anilines is 1. The minimum Gasteiger partial charge on any atom is -0.494 e. The topological polar surface area (TPSA) is 64.6 Å². The maximum absolute atomic E-state index is 12.0. The lowest BCUT2D eigenvalue weighted by molar-refractivity contribution is -0.119. The molecule has 6 heteroatoms. The second kappa shape index (κ2) is 9.82. The van der Waals surface area contributed by atoms with Gasteiger partial charge in [-0.05, 0) is 55.3 Å². The summed E-state index contributed by atoms with van der Waals surface area (Å²) in [5.74, 6) is -0.333. The molecule has 0 aliphatic heterocycles. The van der Waals surface area contributed by atoms with Crippen LogP contribution in [0, 0.1) is 6.92 Å². The van der Waals surface area contributed by atoms with Gasteiger partial charge in [-0.1, -0.05) is 31.0 Å². The van der Waals surface area contributed by atoms with Gasteiger partial charge in [0, 0.05) is 0 Å². The van der Waals surface area contributed by atoms with Gasteiger partial charge in [0.1, 0.15) is 5.75 Å². The highest BCUT2D eigenvalue weighted by Crippen LogP contribution is 2.22. The summed E-state index contributed by atoms with van der Waals surface area (Å²) in [5.41, 5.74) is 1.82. The summed E-state index contributed by atoms with van der Waals surface area (Å²) in [6.45, 7) is 4.24. The molecule has 0 aliphatic rings. The van der Waals surface area contributed by atoms with E-state index in [1.165, 1.54) is 0 Å². The lowest BCUT2D eigenvalue weighted by Gasteiger charge is -2.09. The molecule has 0 heterocycles. The molecule has 0 fully saturated rings. The average molecular weight is 376 g/mol. The molecule has 2 rings (SSSR count). The molecule has 0 saturated carbocycles. The van der Waals surface area contributed by atoms with E-state index in [0.717, 1.165) is 18.4 Å². The first-order valence-electron chi connectivity index (χ1n) is 8.45. The van der Waals surface area contributed by atoms with E-state index in [-0.39, 0.29) is 0 Å². The Morgan fingerprint density at radius 2 is 1.85 bits per heavy atom. The number of hydrogen-bond acceptors (Lipinski definition) is 4. The number of benzene rings is 2. The second-order valence-corrected chi connectivity index (χ2v) is 6.24. The fourth-order valence-corrected chi connectivity index (χ4v) is 2.43. The molecule has 0 aliphatic carbocycles. The molecule has 1 N–H and O–H groups in total. The Labute approximate surface area is 158 Å². The summed E-state index contributed by atoms with van der Waals surface area (Å²) >= 11 is 6.06. The highest BCUT2D eigenvalue weighted by Gasteiger charge is 2.12. The Bertz CT molecular complexity index is 759. The number of unbranched alkanes of at least 4 members (excludes halogenated alkanes) is 1. The van der Waals surface area contributed by atoms with Crippen molar-refractivity contribution in [2.24, 2.45) is 0 Å². The van der Waals surface area contributed by atoms with Crippen molar-refractivity contribution in [3.8, 4) is 5.75 Å². The fraction of sp³-hybridized carbons (Fsp3) is 0.300. The van der Waals surface area contributed by atoms with Crippen molar-refractivity contribution in [3.05, 3.63) is 58.6 Å². The highest BCUT2D eigenvalue weighted by atomic mass is 35.5. The molecule has 5 nitrogen and oxygen atoms in total. The third-order valence-corrected chi connectivity index (χ3v) is 3.90. The van der Waals surface area contributed by atoms with Gasteiger partial charge in [-0.2, -0.15) is 0 Å². The number of rotatable bonds is 8. The van der Waals surface area contributed by atoms with Crippen LogP contribution in [0.25, 0.3) is 0 Å². The van der Waals surface area contributed by atoms with Gasteiger partial charge in [0.2, 0.25) is 0 Å². The first-order chi connectivity index (χ1) is 12.5. The van der Waals surface area contributed by atoms with Gasteiger partial charge in [0.25, 0.3) is 5.91 Å². The minimum atomic E-state index is -0.574. The lowest BCUT2D eigenvalue weighted by atomic mass is 10.2. The van der Waals surface area contributed by atoms with E-state index in [1.807, 2.05) is 13.0 Å². The number of carbonyl (C=O) groups is 2. The predicted molar refractivity (Wildman–Crippen MR) is 102 cm³/mol. The molecule has 0 atom stereocenters. The van der Waals surface area contributed by atoms with Crippen molar-refractivity contribution in [3.63, 3.8) is 0 Å². The average Bonchev–Trinajstić information content (AvgIpc) is 2.63. The second-order valence-electron chi connectivity index (χ2n) is 5.83. The van der Waals surface area contributed by atoms with Gasteiger partial charge in [-0.25, -0.2) is 4.79 Å². The van der Waals surface area contributed by atoms with Gasteiger partial charge in [0.15, 0.2) is 6.61 Å². The number of hydrogen-bond donors (Lipinski definition) is 1. The van der Waals surface area contributed by atoms with Crippen LogP contribution in [0.3, 0.4) is 0 Å². The number of carbonyl (C=O) groups excluding carboxylic acids is 2. The zero-order chi connectivity index (χ0) is 18.9. The SMILES string of the molecule is CCCCOc1ccc(C(=O)OCC(=O)Nc2ccc(C)cc2Cl)cc1. The van der Waals surface area contributed by atoms with Gasteiger partial charge in [-0.3, -0.25) is 4.79 Å². The van der Waals surface area contributed by atoms with Crippen molar-refractivity contribution >= 4 is 29.2 Å². The van der Waals surface area contributed by atoms with Crippen LogP contribution in [0.1, 0.15) is 35.7 Å². The molecule has 0 unspecified atom stereocenters. The van der Waals surface area contributed by atoms with E-state index in [0.29, 0.717) is 28.6 Å². The van der Waals surface area contributed by atoms with Crippen molar-refractivity contribution < 1.29 is 19.1 Å². The van der Waals surface area contributed by atoms with Gasteiger partial charge < -0.3 is 14.8 Å². The number of esters is 1. The maximum atomic E-state index is 12.0. The van der Waals surface area contributed by atoms with Crippen molar-refractivity contribution in [2.75, 3.05) is 18.5 Å². The Kier molecular flexibility index (Phi) is 7.48. The predicted octanol–water partition coefficient (Wildman–Crippen LogP) is 4.62. The quantitative estimate of drug-likeness (QED) is 0.540. The molecule has 0 aromatic heterocycles. The summed E-state index contributed by atoms with van der Waals surface area (Å²) in [5, 5.41) is 3.05. The molecule has 0 bridgehead atoms. The van der Waals surface area contributed by atoms with Crippen LogP contribution in [-0.2, 0) is 9.53 Å². The zero-order valence-electron chi connectivity index (χ0n) is 14.9. The van der Waals surface area contributed by atoms with Gasteiger partial charge in [-0.15, -0.1) is 0 Å². The first kappa shape index (κ1) is 19.8. The fourth-order valence-electron chi connectivity index (χ4n) is 2.14. The molecule has 0 saturated heterocycles. The third kappa shape index (κ3) is 6.08. The van der Waals surface area contributed by atoms with Crippen LogP contribution in [0.15, 0.2) is 42.5 Å². The highest BCUT2D eigenvalue weighted by molar-refractivity contribution is 6.33. The molecule has 2 aromatic rings. The van der Waals surface area contributed by atoms with E-state index in [2.05, 4.69) is 12.2 Å². The summed E-state index contributed by atoms with van der Waals surface area (Å²) in [6, 6.07) is 11.9. The number of nitrogens with one attached hydrogen (secondary N) is 1. The Morgan fingerprint density at radius 3 is 2.50 bits per heavy atom. The van der Waals surface area contributed by atoms with E-state index in [1.54, 1.807) is 36.4 Å². The van der Waals surface area contributed by atoms with Crippen molar-refractivity contribution in [2.45, 2.75) is 26.7 Å². The van der Waals surface area contributed by atoms with Gasteiger partial charge in [0.05, 0.1) is 22.9 Å². The summed E-state index contributed by atoms with van der Waals surface area (Å²) < 4.78 is 10.6. The minimum absolute atomic E-state index is 0.356. The van der Waals surface area contributed by atoms with E-state index in [4.69, 9.17) is 21.1 Å². The summed E-state index contributed by atoms with van der Waals surface area (Å²) in [6.07, 6.45) is 2.03. The summed E-state index contributed by atoms with van der Waals surface area (Å²) in [7, 11) is 0. The van der Waals surface area contributed by atoms with Crippen LogP contribution >= 0.6 is 11.6 Å². The Balaban J connectivity index is 1.82. The Morgan fingerprint density at radius 1 is 1.12 bits per heavy atom.